The summed E-state index contributed by atoms with van der Waals surface area (Å²) in [6.45, 7) is 7.34. The van der Waals surface area contributed by atoms with Crippen molar-refractivity contribution in [2.45, 2.75) is 51.4 Å². The number of benzene rings is 2. The highest BCUT2D eigenvalue weighted by Crippen LogP contribution is 2.36. The lowest BCUT2D eigenvalue weighted by atomic mass is 9.83. The summed E-state index contributed by atoms with van der Waals surface area (Å²) in [6.07, 6.45) is 13.2. The van der Waals surface area contributed by atoms with Crippen molar-refractivity contribution in [3.8, 4) is 12.1 Å². The topological polar surface area (TPSA) is 140 Å². The zero-order valence-corrected chi connectivity index (χ0v) is 31.8. The summed E-state index contributed by atoms with van der Waals surface area (Å²) in [5.74, 6) is 1.58. The van der Waals surface area contributed by atoms with Gasteiger partial charge >= 0.3 is 0 Å². The van der Waals surface area contributed by atoms with Crippen molar-refractivity contribution in [2.75, 3.05) is 26.2 Å². The quantitative estimate of drug-likeness (QED) is 0.172. The minimum Gasteiger partial charge on any atom is -0.342 e. The van der Waals surface area contributed by atoms with Crippen molar-refractivity contribution in [3.05, 3.63) is 143 Å². The Balaban J connectivity index is 0.000000172. The van der Waals surface area contributed by atoms with E-state index in [-0.39, 0.29) is 23.7 Å². The summed E-state index contributed by atoms with van der Waals surface area (Å²) in [5, 5.41) is 20.8. The first-order valence-electron chi connectivity index (χ1n) is 19.2. The fraction of sp³-hybridized carbons (Fsp3) is 0.304. The summed E-state index contributed by atoms with van der Waals surface area (Å²) in [5.41, 5.74) is 6.90. The van der Waals surface area contributed by atoms with Crippen LogP contribution >= 0.6 is 0 Å². The number of carbonyl (C=O) groups is 2. The van der Waals surface area contributed by atoms with Gasteiger partial charge in [-0.15, -0.1) is 0 Å². The van der Waals surface area contributed by atoms with Gasteiger partial charge in [-0.05, 0) is 83.3 Å². The van der Waals surface area contributed by atoms with E-state index in [2.05, 4.69) is 45.9 Å². The maximum absolute atomic E-state index is 12.9. The normalized spacial score (nSPS) is 19.4. The molecule has 0 aliphatic carbocycles. The third-order valence-corrected chi connectivity index (χ3v) is 10.9. The Bertz CT molecular complexity index is 2250. The molecular weight excluding hydrogens is 697 g/mol. The number of fused-ring (bicyclic) bond motifs is 2. The van der Waals surface area contributed by atoms with Gasteiger partial charge in [-0.2, -0.15) is 10.5 Å². The Morgan fingerprint density at radius 3 is 1.43 bits per heavy atom. The molecule has 2 saturated heterocycles. The molecule has 0 N–H and O–H groups in total. The van der Waals surface area contributed by atoms with Crippen molar-refractivity contribution in [1.29, 1.82) is 10.5 Å². The van der Waals surface area contributed by atoms with Crippen LogP contribution in [0.1, 0.15) is 71.9 Å². The highest BCUT2D eigenvalue weighted by Gasteiger charge is 2.31. The molecule has 1 unspecified atom stereocenters. The molecule has 2 aliphatic rings. The maximum Gasteiger partial charge on any atom is 0.227 e. The molecule has 6 aromatic rings. The van der Waals surface area contributed by atoms with Crippen LogP contribution in [0.25, 0.3) is 21.8 Å². The molecule has 6 heterocycles. The lowest BCUT2D eigenvalue weighted by molar-refractivity contribution is -0.133. The molecule has 0 spiro atoms. The number of piperidine rings is 2. The van der Waals surface area contributed by atoms with Gasteiger partial charge in [0.15, 0.2) is 0 Å². The molecule has 280 valence electrons. The van der Waals surface area contributed by atoms with Crippen LogP contribution in [0, 0.1) is 34.5 Å². The van der Waals surface area contributed by atoms with Crippen LogP contribution in [0.4, 0.5) is 0 Å². The van der Waals surface area contributed by atoms with E-state index in [1.165, 1.54) is 11.1 Å². The Morgan fingerprint density at radius 1 is 0.607 bits per heavy atom. The van der Waals surface area contributed by atoms with Crippen LogP contribution in [-0.4, -0.2) is 67.7 Å². The molecule has 8 rings (SSSR count). The molecular formula is C46H44N8O2. The van der Waals surface area contributed by atoms with Crippen LogP contribution in [-0.2, 0) is 22.4 Å². The van der Waals surface area contributed by atoms with Gasteiger partial charge in [0.25, 0.3) is 0 Å². The minimum atomic E-state index is 0.139. The number of hydrogen-bond donors (Lipinski definition) is 0. The van der Waals surface area contributed by atoms with Gasteiger partial charge in [0.1, 0.15) is 12.1 Å². The summed E-state index contributed by atoms with van der Waals surface area (Å²) in [4.78, 5) is 46.8. The molecule has 0 saturated carbocycles. The number of nitrogens with zero attached hydrogens (tertiary/aromatic N) is 8. The molecule has 2 aliphatic heterocycles. The van der Waals surface area contributed by atoms with E-state index < -0.39 is 0 Å². The molecule has 2 fully saturated rings. The monoisotopic (exact) mass is 740 g/mol. The number of pyridine rings is 4. The Kier molecular flexibility index (Phi) is 11.7. The number of rotatable bonds is 6. The largest absolute Gasteiger partial charge is 0.342 e. The molecule has 2 amide bonds. The lowest BCUT2D eigenvalue weighted by Crippen LogP contribution is -2.43. The molecule has 4 atom stereocenters. The van der Waals surface area contributed by atoms with Crippen molar-refractivity contribution in [2.24, 2.45) is 11.8 Å². The predicted molar refractivity (Wildman–Crippen MR) is 215 cm³/mol. The second-order valence-corrected chi connectivity index (χ2v) is 15.2. The third kappa shape index (κ3) is 8.56. The van der Waals surface area contributed by atoms with Crippen LogP contribution in [0.3, 0.4) is 0 Å². The highest BCUT2D eigenvalue weighted by molar-refractivity contribution is 5.89. The first-order chi connectivity index (χ1) is 27.3. The number of nitriles is 2. The fourth-order valence-electron chi connectivity index (χ4n) is 8.42. The van der Waals surface area contributed by atoms with E-state index in [0.29, 0.717) is 48.9 Å². The smallest absolute Gasteiger partial charge is 0.227 e. The number of hydrogen-bond acceptors (Lipinski definition) is 8. The van der Waals surface area contributed by atoms with E-state index in [1.807, 2.05) is 82.6 Å². The van der Waals surface area contributed by atoms with E-state index in [4.69, 9.17) is 0 Å². The van der Waals surface area contributed by atoms with Crippen LogP contribution in [0.2, 0.25) is 0 Å². The second kappa shape index (κ2) is 17.3. The molecule has 10 heteroatoms. The Hall–Kier alpha value is -6.52. The zero-order chi connectivity index (χ0) is 39.0. The minimum absolute atomic E-state index is 0.139. The maximum atomic E-state index is 12.9. The first-order valence-corrected chi connectivity index (χ1v) is 19.2. The van der Waals surface area contributed by atoms with Gasteiger partial charge in [-0.1, -0.05) is 50.2 Å². The van der Waals surface area contributed by atoms with Crippen LogP contribution in [0.15, 0.2) is 110 Å². The summed E-state index contributed by atoms with van der Waals surface area (Å²) >= 11 is 0. The standard InChI is InChI=1S/2C23H22N4O/c2*1-16-10-19(15-27(14-16)22(28)11-17-4-2-8-25-13-17)20-7-6-18(12-24)23-21(20)5-3-9-26-23/h2*2-9,13,16,19H,10-11,14-15H2,1H3/t16?,19-;16-,19+/m11/s1. The van der Waals surface area contributed by atoms with Crippen LogP contribution in [0.5, 0.6) is 0 Å². The van der Waals surface area contributed by atoms with E-state index in [1.54, 1.807) is 37.2 Å². The SMILES string of the molecule is CC1C[C@@H](c2ccc(C#N)c3ncccc23)CN(C(=O)Cc2cccnc2)C1.C[C@@H]1C[C@H](c2ccc(C#N)c3ncccc23)CN(C(=O)Cc2cccnc2)C1. The molecule has 0 bridgehead atoms. The van der Waals surface area contributed by atoms with Gasteiger partial charge < -0.3 is 9.80 Å². The molecule has 4 aromatic heterocycles. The highest BCUT2D eigenvalue weighted by atomic mass is 16.2. The number of carbonyl (C=O) groups excluding carboxylic acids is 2. The number of likely N-dealkylation sites (tertiary alicyclic amines) is 2. The molecule has 56 heavy (non-hydrogen) atoms. The molecule has 2 aromatic carbocycles. The molecule has 10 nitrogen and oxygen atoms in total. The van der Waals surface area contributed by atoms with E-state index in [0.717, 1.165) is 58.9 Å². The van der Waals surface area contributed by atoms with Gasteiger partial charge in [0.05, 0.1) is 35.0 Å². The van der Waals surface area contributed by atoms with E-state index >= 15 is 0 Å². The zero-order valence-electron chi connectivity index (χ0n) is 31.8. The van der Waals surface area contributed by atoms with Gasteiger partial charge in [-0.3, -0.25) is 29.5 Å². The van der Waals surface area contributed by atoms with Crippen molar-refractivity contribution in [3.63, 3.8) is 0 Å². The third-order valence-electron chi connectivity index (χ3n) is 10.9. The van der Waals surface area contributed by atoms with Crippen LogP contribution < -0.4 is 0 Å². The average Bonchev–Trinajstić information content (AvgIpc) is 3.23. The predicted octanol–water partition coefficient (Wildman–Crippen LogP) is 7.39. The van der Waals surface area contributed by atoms with Gasteiger partial charge in [0.2, 0.25) is 11.8 Å². The summed E-state index contributed by atoms with van der Waals surface area (Å²) in [6, 6.07) is 27.7. The Morgan fingerprint density at radius 2 is 1.04 bits per heavy atom. The lowest BCUT2D eigenvalue weighted by Gasteiger charge is -2.37. The van der Waals surface area contributed by atoms with Crippen molar-refractivity contribution >= 4 is 33.6 Å². The van der Waals surface area contributed by atoms with Gasteiger partial charge in [-0.25, -0.2) is 0 Å². The summed E-state index contributed by atoms with van der Waals surface area (Å²) in [7, 11) is 0. The van der Waals surface area contributed by atoms with Gasteiger partial charge in [0, 0.05) is 86.0 Å². The molecule has 0 radical (unpaired) electrons. The Labute approximate surface area is 327 Å². The number of amides is 2. The summed E-state index contributed by atoms with van der Waals surface area (Å²) < 4.78 is 0. The first kappa shape index (κ1) is 37.8. The second-order valence-electron chi connectivity index (χ2n) is 15.2. The van der Waals surface area contributed by atoms with Crippen molar-refractivity contribution in [1.82, 2.24) is 29.7 Å². The fourth-order valence-corrected chi connectivity index (χ4v) is 8.42. The average molecular weight is 741 g/mol. The van der Waals surface area contributed by atoms with E-state index in [9.17, 15) is 20.1 Å². The van der Waals surface area contributed by atoms with Crippen molar-refractivity contribution < 1.29 is 9.59 Å². The number of aromatic nitrogens is 4.